The zero-order valence-electron chi connectivity index (χ0n) is 10.5. The summed E-state index contributed by atoms with van der Waals surface area (Å²) in [6.45, 7) is 10.9. The number of hydrogen-bond donors (Lipinski definition) is 0. The van der Waals surface area contributed by atoms with E-state index in [1.54, 1.807) is 0 Å². The lowest BCUT2D eigenvalue weighted by atomic mass is 10.1. The van der Waals surface area contributed by atoms with Crippen molar-refractivity contribution >= 4 is 5.97 Å². The summed E-state index contributed by atoms with van der Waals surface area (Å²) in [7, 11) is 0. The summed E-state index contributed by atoms with van der Waals surface area (Å²) < 4.78 is 5.09. The van der Waals surface area contributed by atoms with E-state index in [1.807, 2.05) is 6.92 Å². The molecule has 0 radical (unpaired) electrons. The minimum atomic E-state index is -0.0501. The van der Waals surface area contributed by atoms with Crippen LogP contribution in [0.15, 0.2) is 0 Å². The van der Waals surface area contributed by atoms with Gasteiger partial charge in [-0.2, -0.15) is 0 Å². The van der Waals surface area contributed by atoms with Crippen LogP contribution >= 0.6 is 0 Å². The molecule has 88 valence electrons. The maximum atomic E-state index is 11.7. The molecule has 0 N–H and O–H groups in total. The van der Waals surface area contributed by atoms with Crippen LogP contribution in [0.1, 0.15) is 47.5 Å². The van der Waals surface area contributed by atoms with E-state index in [0.717, 1.165) is 12.8 Å². The first kappa shape index (κ1) is 12.5. The molecule has 3 atom stereocenters. The van der Waals surface area contributed by atoms with Gasteiger partial charge in [-0.25, -0.2) is 0 Å². The molecule has 1 unspecified atom stereocenters. The van der Waals surface area contributed by atoms with Crippen LogP contribution < -0.4 is 0 Å². The quantitative estimate of drug-likeness (QED) is 0.529. The fourth-order valence-corrected chi connectivity index (χ4v) is 2.29. The lowest BCUT2D eigenvalue weighted by molar-refractivity contribution is -0.143. The van der Waals surface area contributed by atoms with Gasteiger partial charge in [0.15, 0.2) is 0 Å². The van der Waals surface area contributed by atoms with Crippen LogP contribution in [-0.4, -0.2) is 35.1 Å². The number of ether oxygens (including phenoxy) is 1. The molecule has 0 aliphatic carbocycles. The third-order valence-electron chi connectivity index (χ3n) is 2.82. The molecule has 1 fully saturated rings. The zero-order chi connectivity index (χ0) is 11.6. The van der Waals surface area contributed by atoms with E-state index in [2.05, 4.69) is 32.6 Å². The molecule has 1 aliphatic heterocycles. The molecular formula is C12H23NO2. The van der Waals surface area contributed by atoms with Crippen LogP contribution in [0.2, 0.25) is 0 Å². The molecule has 15 heavy (non-hydrogen) atoms. The summed E-state index contributed by atoms with van der Waals surface area (Å²) in [6.07, 6.45) is 2.20. The average molecular weight is 213 g/mol. The highest BCUT2D eigenvalue weighted by atomic mass is 16.5. The first-order chi connectivity index (χ1) is 6.93. The molecule has 0 aromatic heterocycles. The van der Waals surface area contributed by atoms with Crippen molar-refractivity contribution < 1.29 is 9.53 Å². The van der Waals surface area contributed by atoms with E-state index in [-0.39, 0.29) is 17.6 Å². The second-order valence-electron chi connectivity index (χ2n) is 5.13. The first-order valence-electron chi connectivity index (χ1n) is 5.88. The maximum Gasteiger partial charge on any atom is 0.325 e. The number of carbonyl (C=O) groups excluding carboxylic acids is 1. The van der Waals surface area contributed by atoms with Gasteiger partial charge in [0, 0.05) is 11.6 Å². The maximum absolute atomic E-state index is 11.7. The van der Waals surface area contributed by atoms with Gasteiger partial charge in [0.2, 0.25) is 0 Å². The van der Waals surface area contributed by atoms with Gasteiger partial charge in [0.1, 0.15) is 6.04 Å². The number of carbonyl (C=O) groups is 1. The van der Waals surface area contributed by atoms with E-state index >= 15 is 0 Å². The van der Waals surface area contributed by atoms with Crippen LogP contribution in [0.3, 0.4) is 0 Å². The summed E-state index contributed by atoms with van der Waals surface area (Å²) >= 11 is 0. The van der Waals surface area contributed by atoms with Crippen molar-refractivity contribution in [3.8, 4) is 0 Å². The lowest BCUT2D eigenvalue weighted by Gasteiger charge is -2.22. The molecule has 0 amide bonds. The van der Waals surface area contributed by atoms with Crippen LogP contribution in [0.5, 0.6) is 0 Å². The summed E-state index contributed by atoms with van der Waals surface area (Å²) in [6, 6.07) is 0.402. The van der Waals surface area contributed by atoms with Crippen LogP contribution in [0.25, 0.3) is 0 Å². The molecule has 0 spiro atoms. The largest absolute Gasteiger partial charge is 0.465 e. The van der Waals surface area contributed by atoms with Crippen molar-refractivity contribution in [1.29, 1.82) is 0 Å². The highest BCUT2D eigenvalue weighted by molar-refractivity contribution is 5.80. The molecule has 0 saturated carbocycles. The van der Waals surface area contributed by atoms with E-state index in [1.165, 1.54) is 0 Å². The number of esters is 1. The number of nitrogens with zero attached hydrogens (tertiary/aromatic N) is 1. The molecule has 3 heteroatoms. The second kappa shape index (κ2) is 4.52. The fraction of sp³-hybridized carbons (Fsp3) is 0.917. The molecular weight excluding hydrogens is 190 g/mol. The van der Waals surface area contributed by atoms with Gasteiger partial charge < -0.3 is 4.74 Å². The van der Waals surface area contributed by atoms with Gasteiger partial charge >= 0.3 is 5.97 Å². The monoisotopic (exact) mass is 213 g/mol. The minimum absolute atomic E-state index is 0.00454. The highest BCUT2D eigenvalue weighted by Crippen LogP contribution is 2.40. The summed E-state index contributed by atoms with van der Waals surface area (Å²) in [5.74, 6) is -0.0501. The van der Waals surface area contributed by atoms with Crippen molar-refractivity contribution in [3.63, 3.8) is 0 Å². The highest BCUT2D eigenvalue weighted by Gasteiger charge is 2.57. The summed E-state index contributed by atoms with van der Waals surface area (Å²) in [5, 5.41) is 0. The lowest BCUT2D eigenvalue weighted by Crippen LogP contribution is -2.30. The SMILES string of the molecule is CCC[C@H]1[C@@H](C(=O)OCC)N1C(C)(C)C. The molecule has 1 rings (SSSR count). The predicted molar refractivity (Wildman–Crippen MR) is 60.7 cm³/mol. The molecule has 3 nitrogen and oxygen atoms in total. The van der Waals surface area contributed by atoms with Gasteiger partial charge in [-0.15, -0.1) is 0 Å². The Labute approximate surface area is 92.8 Å². The zero-order valence-corrected chi connectivity index (χ0v) is 10.5. The standard InChI is InChI=1S/C12H23NO2/c1-6-8-9-10(11(14)15-7-2)13(9)12(3,4)5/h9-10H,6-8H2,1-5H3/t9-,10-,13?/m0/s1. The van der Waals surface area contributed by atoms with Crippen molar-refractivity contribution in [2.45, 2.75) is 65.1 Å². The minimum Gasteiger partial charge on any atom is -0.465 e. The summed E-state index contributed by atoms with van der Waals surface area (Å²) in [5.41, 5.74) is 0.0667. The predicted octanol–water partition coefficient (Wildman–Crippen LogP) is 2.20. The smallest absolute Gasteiger partial charge is 0.325 e. The molecule has 0 bridgehead atoms. The van der Waals surface area contributed by atoms with E-state index in [0.29, 0.717) is 12.6 Å². The Morgan fingerprint density at radius 3 is 2.33 bits per heavy atom. The molecule has 1 heterocycles. The van der Waals surface area contributed by atoms with Crippen molar-refractivity contribution in [2.24, 2.45) is 0 Å². The normalized spacial score (nSPS) is 30.1. The Morgan fingerprint density at radius 2 is 1.93 bits per heavy atom. The molecule has 1 aliphatic rings. The Morgan fingerprint density at radius 1 is 1.33 bits per heavy atom. The van der Waals surface area contributed by atoms with Crippen molar-refractivity contribution in [2.75, 3.05) is 6.61 Å². The van der Waals surface area contributed by atoms with Gasteiger partial charge in [-0.3, -0.25) is 9.69 Å². The number of rotatable bonds is 4. The van der Waals surface area contributed by atoms with Gasteiger partial charge in [0.25, 0.3) is 0 Å². The van der Waals surface area contributed by atoms with Crippen LogP contribution in [-0.2, 0) is 9.53 Å². The van der Waals surface area contributed by atoms with Crippen LogP contribution in [0, 0.1) is 0 Å². The van der Waals surface area contributed by atoms with Crippen LogP contribution in [0.4, 0.5) is 0 Å². The number of hydrogen-bond acceptors (Lipinski definition) is 3. The fourth-order valence-electron chi connectivity index (χ4n) is 2.29. The van der Waals surface area contributed by atoms with E-state index < -0.39 is 0 Å². The molecule has 0 aromatic rings. The van der Waals surface area contributed by atoms with Gasteiger partial charge in [-0.1, -0.05) is 13.3 Å². The Hall–Kier alpha value is -0.570. The Balaban J connectivity index is 2.61. The topological polar surface area (TPSA) is 29.3 Å². The first-order valence-corrected chi connectivity index (χ1v) is 5.88. The Bertz CT molecular complexity index is 232. The second-order valence-corrected chi connectivity index (χ2v) is 5.13. The molecule has 0 aromatic carbocycles. The van der Waals surface area contributed by atoms with E-state index in [9.17, 15) is 4.79 Å². The van der Waals surface area contributed by atoms with Crippen molar-refractivity contribution in [1.82, 2.24) is 4.90 Å². The average Bonchev–Trinajstić information content (AvgIpc) is 2.79. The third kappa shape index (κ3) is 2.71. The van der Waals surface area contributed by atoms with Gasteiger partial charge in [-0.05, 0) is 34.1 Å². The van der Waals surface area contributed by atoms with Gasteiger partial charge in [0.05, 0.1) is 6.61 Å². The molecule has 1 saturated heterocycles. The summed E-state index contributed by atoms with van der Waals surface area (Å²) in [4.78, 5) is 13.9. The van der Waals surface area contributed by atoms with E-state index in [4.69, 9.17) is 4.74 Å². The Kier molecular flexibility index (Phi) is 3.77. The third-order valence-corrected chi connectivity index (χ3v) is 2.82. The van der Waals surface area contributed by atoms with Crippen molar-refractivity contribution in [3.05, 3.63) is 0 Å².